The SMILES string of the molecule is CCN1CCC(N2CC3(CN(C)C3)C2)C(C)C1. The van der Waals surface area contributed by atoms with Crippen LogP contribution in [0.2, 0.25) is 0 Å². The van der Waals surface area contributed by atoms with Crippen molar-refractivity contribution in [3.05, 3.63) is 0 Å². The maximum atomic E-state index is 2.77. The summed E-state index contributed by atoms with van der Waals surface area (Å²) in [5, 5.41) is 0. The third-order valence-electron chi connectivity index (χ3n) is 5.15. The van der Waals surface area contributed by atoms with Crippen molar-refractivity contribution in [2.24, 2.45) is 11.3 Å². The van der Waals surface area contributed by atoms with E-state index in [9.17, 15) is 0 Å². The molecule has 0 aliphatic carbocycles. The molecule has 0 amide bonds. The van der Waals surface area contributed by atoms with Crippen LogP contribution in [0.4, 0.5) is 0 Å². The van der Waals surface area contributed by atoms with Gasteiger partial charge in [-0.1, -0.05) is 13.8 Å². The van der Waals surface area contributed by atoms with Gasteiger partial charge in [0.15, 0.2) is 0 Å². The van der Waals surface area contributed by atoms with Gasteiger partial charge in [-0.15, -0.1) is 0 Å². The smallest absolute Gasteiger partial charge is 0.0212 e. The van der Waals surface area contributed by atoms with E-state index in [0.29, 0.717) is 5.41 Å². The Morgan fingerprint density at radius 3 is 2.41 bits per heavy atom. The summed E-state index contributed by atoms with van der Waals surface area (Å²) in [5.41, 5.74) is 0.705. The van der Waals surface area contributed by atoms with Crippen LogP contribution in [-0.4, -0.2) is 73.6 Å². The molecule has 0 aromatic rings. The second-order valence-electron chi connectivity index (χ2n) is 6.80. The molecule has 3 aliphatic heterocycles. The van der Waals surface area contributed by atoms with Crippen LogP contribution in [-0.2, 0) is 0 Å². The lowest BCUT2D eigenvalue weighted by molar-refractivity contribution is -0.135. The number of hydrogen-bond donors (Lipinski definition) is 0. The van der Waals surface area contributed by atoms with Crippen LogP contribution in [0.25, 0.3) is 0 Å². The number of likely N-dealkylation sites (tertiary alicyclic amines) is 3. The van der Waals surface area contributed by atoms with Gasteiger partial charge >= 0.3 is 0 Å². The molecule has 0 saturated carbocycles. The predicted octanol–water partition coefficient (Wildman–Crippen LogP) is 0.964. The van der Waals surface area contributed by atoms with Crippen LogP contribution in [0, 0.1) is 11.3 Å². The van der Waals surface area contributed by atoms with Crippen molar-refractivity contribution < 1.29 is 0 Å². The van der Waals surface area contributed by atoms with Crippen LogP contribution in [0.3, 0.4) is 0 Å². The molecule has 2 atom stereocenters. The van der Waals surface area contributed by atoms with Gasteiger partial charge in [-0.2, -0.15) is 0 Å². The first-order valence-electron chi connectivity index (χ1n) is 7.27. The summed E-state index contributed by atoms with van der Waals surface area (Å²) in [7, 11) is 2.25. The molecule has 1 spiro atoms. The van der Waals surface area contributed by atoms with Crippen molar-refractivity contribution in [1.82, 2.24) is 14.7 Å². The van der Waals surface area contributed by atoms with Crippen LogP contribution >= 0.6 is 0 Å². The van der Waals surface area contributed by atoms with Crippen LogP contribution in [0.15, 0.2) is 0 Å². The Labute approximate surface area is 106 Å². The third kappa shape index (κ3) is 2.02. The Morgan fingerprint density at radius 2 is 1.88 bits per heavy atom. The zero-order valence-corrected chi connectivity index (χ0v) is 11.7. The van der Waals surface area contributed by atoms with Gasteiger partial charge in [0.25, 0.3) is 0 Å². The highest BCUT2D eigenvalue weighted by atomic mass is 15.3. The Hall–Kier alpha value is -0.120. The first-order valence-corrected chi connectivity index (χ1v) is 7.27. The highest BCUT2D eigenvalue weighted by Gasteiger charge is 2.52. The standard InChI is InChI=1S/C14H27N3/c1-4-16-6-5-13(12(2)7-16)17-10-14(11-17)8-15(3)9-14/h12-13H,4-11H2,1-3H3. The molecular weight excluding hydrogens is 210 g/mol. The molecule has 3 saturated heterocycles. The lowest BCUT2D eigenvalue weighted by Gasteiger charge is -2.62. The molecule has 3 heterocycles. The predicted molar refractivity (Wildman–Crippen MR) is 71.2 cm³/mol. The second kappa shape index (κ2) is 4.22. The van der Waals surface area contributed by atoms with E-state index in [1.807, 2.05) is 0 Å². The second-order valence-corrected chi connectivity index (χ2v) is 6.80. The fourth-order valence-electron chi connectivity index (χ4n) is 4.40. The Kier molecular flexibility index (Phi) is 2.96. The fraction of sp³-hybridized carbons (Fsp3) is 1.00. The number of hydrogen-bond acceptors (Lipinski definition) is 3. The van der Waals surface area contributed by atoms with Gasteiger partial charge in [0, 0.05) is 44.2 Å². The van der Waals surface area contributed by atoms with E-state index in [1.54, 1.807) is 0 Å². The van der Waals surface area contributed by atoms with Crippen molar-refractivity contribution in [3.63, 3.8) is 0 Å². The summed E-state index contributed by atoms with van der Waals surface area (Å²) in [5.74, 6) is 0.860. The highest BCUT2D eigenvalue weighted by Crippen LogP contribution is 2.41. The molecule has 98 valence electrons. The van der Waals surface area contributed by atoms with Crippen LogP contribution < -0.4 is 0 Å². The summed E-state index contributed by atoms with van der Waals surface area (Å²) >= 11 is 0. The first-order chi connectivity index (χ1) is 8.12. The molecule has 3 rings (SSSR count). The molecule has 3 aliphatic rings. The topological polar surface area (TPSA) is 9.72 Å². The minimum absolute atomic E-state index is 0.705. The molecule has 3 nitrogen and oxygen atoms in total. The zero-order valence-electron chi connectivity index (χ0n) is 11.7. The number of rotatable bonds is 2. The molecule has 3 fully saturated rings. The summed E-state index contributed by atoms with van der Waals surface area (Å²) in [6.07, 6.45) is 1.39. The summed E-state index contributed by atoms with van der Waals surface area (Å²) < 4.78 is 0. The average Bonchev–Trinajstić information content (AvgIpc) is 2.22. The van der Waals surface area contributed by atoms with E-state index in [-0.39, 0.29) is 0 Å². The van der Waals surface area contributed by atoms with Gasteiger partial charge in [-0.3, -0.25) is 4.90 Å². The van der Waals surface area contributed by atoms with Gasteiger partial charge in [-0.05, 0) is 32.5 Å². The first kappa shape index (κ1) is 11.9. The molecule has 2 unspecified atom stereocenters. The highest BCUT2D eigenvalue weighted by molar-refractivity contribution is 5.07. The van der Waals surface area contributed by atoms with Crippen molar-refractivity contribution in [2.45, 2.75) is 26.3 Å². The minimum Gasteiger partial charge on any atom is -0.305 e. The lowest BCUT2D eigenvalue weighted by atomic mass is 9.71. The Bertz CT molecular complexity index is 277. The molecule has 17 heavy (non-hydrogen) atoms. The lowest BCUT2D eigenvalue weighted by Crippen LogP contribution is -2.73. The van der Waals surface area contributed by atoms with Crippen molar-refractivity contribution in [1.29, 1.82) is 0 Å². The van der Waals surface area contributed by atoms with Gasteiger partial charge in [-0.25, -0.2) is 0 Å². The maximum absolute atomic E-state index is 2.77. The summed E-state index contributed by atoms with van der Waals surface area (Å²) in [6, 6.07) is 0.870. The third-order valence-corrected chi connectivity index (χ3v) is 5.15. The van der Waals surface area contributed by atoms with Crippen molar-refractivity contribution in [3.8, 4) is 0 Å². The normalized spacial score (nSPS) is 39.0. The summed E-state index contributed by atoms with van der Waals surface area (Å²) in [6.45, 7) is 14.0. The van der Waals surface area contributed by atoms with E-state index in [4.69, 9.17) is 0 Å². The van der Waals surface area contributed by atoms with Crippen molar-refractivity contribution >= 4 is 0 Å². The van der Waals surface area contributed by atoms with E-state index in [1.165, 1.54) is 52.2 Å². The number of nitrogens with zero attached hydrogens (tertiary/aromatic N) is 3. The largest absolute Gasteiger partial charge is 0.305 e. The van der Waals surface area contributed by atoms with E-state index < -0.39 is 0 Å². The van der Waals surface area contributed by atoms with Gasteiger partial charge in [0.1, 0.15) is 0 Å². The Balaban J connectivity index is 1.50. The zero-order chi connectivity index (χ0) is 12.0. The number of piperidine rings is 1. The molecule has 3 heteroatoms. The monoisotopic (exact) mass is 237 g/mol. The molecule has 0 aromatic carbocycles. The molecular formula is C14H27N3. The molecule has 0 radical (unpaired) electrons. The maximum Gasteiger partial charge on any atom is 0.0212 e. The molecule has 0 N–H and O–H groups in total. The van der Waals surface area contributed by atoms with Crippen molar-refractivity contribution in [2.75, 3.05) is 52.9 Å². The van der Waals surface area contributed by atoms with Crippen LogP contribution in [0.5, 0.6) is 0 Å². The minimum atomic E-state index is 0.705. The quantitative estimate of drug-likeness (QED) is 0.708. The van der Waals surface area contributed by atoms with Gasteiger partial charge in [0.2, 0.25) is 0 Å². The van der Waals surface area contributed by atoms with Gasteiger partial charge < -0.3 is 9.80 Å². The fourth-order valence-corrected chi connectivity index (χ4v) is 4.40. The van der Waals surface area contributed by atoms with Crippen LogP contribution in [0.1, 0.15) is 20.3 Å². The summed E-state index contributed by atoms with van der Waals surface area (Å²) in [4.78, 5) is 7.83. The van der Waals surface area contributed by atoms with Gasteiger partial charge in [0.05, 0.1) is 0 Å². The molecule has 0 bridgehead atoms. The van der Waals surface area contributed by atoms with E-state index in [2.05, 4.69) is 35.6 Å². The Morgan fingerprint density at radius 1 is 1.18 bits per heavy atom. The van der Waals surface area contributed by atoms with E-state index >= 15 is 0 Å². The van der Waals surface area contributed by atoms with E-state index in [0.717, 1.165) is 12.0 Å². The molecule has 0 aromatic heterocycles. The average molecular weight is 237 g/mol.